The van der Waals surface area contributed by atoms with E-state index in [4.69, 9.17) is 14.8 Å². The van der Waals surface area contributed by atoms with Gasteiger partial charge >= 0.3 is 0 Å². The van der Waals surface area contributed by atoms with Crippen LogP contribution in [0.4, 0.5) is 13.9 Å². The van der Waals surface area contributed by atoms with Gasteiger partial charge in [-0.2, -0.15) is 5.10 Å². The van der Waals surface area contributed by atoms with Crippen LogP contribution >= 0.6 is 11.3 Å². The van der Waals surface area contributed by atoms with Crippen molar-refractivity contribution in [2.24, 2.45) is 5.92 Å². The number of fused-ring (bicyclic) bond motifs is 1. The maximum atomic E-state index is 13.6. The van der Waals surface area contributed by atoms with Crippen LogP contribution in [0, 0.1) is 17.6 Å². The number of thiazole rings is 1. The molecule has 0 atom stereocenters. The summed E-state index contributed by atoms with van der Waals surface area (Å²) >= 11 is 1.65. The molecule has 1 saturated carbocycles. The van der Waals surface area contributed by atoms with Gasteiger partial charge in [-0.1, -0.05) is 12.1 Å². The second kappa shape index (κ2) is 10.9. The van der Waals surface area contributed by atoms with E-state index in [-0.39, 0.29) is 17.5 Å². The molecule has 0 bridgehead atoms. The van der Waals surface area contributed by atoms with Crippen LogP contribution in [0.5, 0.6) is 5.75 Å². The van der Waals surface area contributed by atoms with Crippen molar-refractivity contribution in [2.45, 2.75) is 31.7 Å². The first-order chi connectivity index (χ1) is 18.9. The summed E-state index contributed by atoms with van der Waals surface area (Å²) in [7, 11) is 0. The van der Waals surface area contributed by atoms with Crippen LogP contribution in [0.15, 0.2) is 41.9 Å². The lowest BCUT2D eigenvalue weighted by Gasteiger charge is -2.28. The lowest BCUT2D eigenvalue weighted by molar-refractivity contribution is 0.0940. The molecule has 2 N–H and O–H groups in total. The third kappa shape index (κ3) is 5.46. The van der Waals surface area contributed by atoms with Crippen molar-refractivity contribution in [1.29, 1.82) is 0 Å². The van der Waals surface area contributed by atoms with Crippen LogP contribution in [0.2, 0.25) is 0 Å². The number of phenols is 1. The quantitative estimate of drug-likeness (QED) is 0.344. The highest BCUT2D eigenvalue weighted by atomic mass is 32.1. The maximum absolute atomic E-state index is 13.6. The third-order valence-electron chi connectivity index (χ3n) is 7.62. The number of carbonyl (C=O) groups excluding carboxylic acids is 1. The van der Waals surface area contributed by atoms with Gasteiger partial charge in [0.2, 0.25) is 0 Å². The average molecular weight is 554 g/mol. The Hall–Kier alpha value is -3.57. The molecule has 2 fully saturated rings. The van der Waals surface area contributed by atoms with Crippen LogP contribution in [0.3, 0.4) is 0 Å². The topological polar surface area (TPSA) is 92.5 Å². The number of nitrogens with zero attached hydrogens (tertiary/aromatic N) is 4. The Morgan fingerprint density at radius 3 is 2.59 bits per heavy atom. The second-order valence-corrected chi connectivity index (χ2v) is 11.0. The highest BCUT2D eigenvalue weighted by Gasteiger charge is 2.24. The van der Waals surface area contributed by atoms with E-state index in [2.05, 4.69) is 44.7 Å². The van der Waals surface area contributed by atoms with Gasteiger partial charge < -0.3 is 20.1 Å². The summed E-state index contributed by atoms with van der Waals surface area (Å²) in [5, 5.41) is 21.1. The minimum Gasteiger partial charge on any atom is -0.503 e. The summed E-state index contributed by atoms with van der Waals surface area (Å²) < 4.78 is 34.6. The van der Waals surface area contributed by atoms with Crippen molar-refractivity contribution < 1.29 is 23.4 Å². The highest BCUT2D eigenvalue weighted by Crippen LogP contribution is 2.34. The molecule has 39 heavy (non-hydrogen) atoms. The Bertz CT molecular complexity index is 1470. The molecule has 0 spiro atoms. The van der Waals surface area contributed by atoms with E-state index < -0.39 is 23.3 Å². The van der Waals surface area contributed by atoms with E-state index in [0.29, 0.717) is 6.54 Å². The Balaban J connectivity index is 1.05. The monoisotopic (exact) mass is 553 g/mol. The number of aromatic nitrogens is 3. The zero-order chi connectivity index (χ0) is 26.9. The number of ether oxygens (including phenoxy) is 1. The van der Waals surface area contributed by atoms with E-state index in [9.17, 15) is 18.7 Å². The number of amides is 1. The van der Waals surface area contributed by atoms with Gasteiger partial charge in [-0.25, -0.2) is 13.8 Å². The molecule has 0 unspecified atom stereocenters. The first-order valence-corrected chi connectivity index (χ1v) is 14.1. The minimum absolute atomic E-state index is 0.144. The predicted octanol–water partition coefficient (Wildman–Crippen LogP) is 5.14. The number of nitrogens with one attached hydrogen (secondary N) is 1. The highest BCUT2D eigenvalue weighted by molar-refractivity contribution is 7.14. The van der Waals surface area contributed by atoms with Crippen molar-refractivity contribution >= 4 is 33.3 Å². The smallest absolute Gasteiger partial charge is 0.251 e. The number of carbonyl (C=O) groups is 1. The van der Waals surface area contributed by atoms with Crippen LogP contribution in [-0.2, 0) is 4.74 Å². The first-order valence-electron chi connectivity index (χ1n) is 13.2. The van der Waals surface area contributed by atoms with Crippen LogP contribution in [0.1, 0.15) is 42.1 Å². The van der Waals surface area contributed by atoms with E-state index in [1.165, 1.54) is 0 Å². The standard InChI is InChI=1S/C28H29F2N5O3S/c29-22-11-20(12-23(30)26(22)36)27(37)31-14-17-1-5-21(6-2-17)35-15-19-4-3-18(13-24(19)33-35)25-16-39-28(32-25)34-7-9-38-10-8-34/h3-4,11-13,15-17,21,36H,1-2,5-10,14H2,(H,31,37)/t17-,21-. The van der Waals surface area contributed by atoms with Crippen molar-refractivity contribution in [3.63, 3.8) is 0 Å². The summed E-state index contributed by atoms with van der Waals surface area (Å²) in [6.07, 6.45) is 5.78. The molecule has 2 aromatic carbocycles. The SMILES string of the molecule is O=C(NC[C@H]1CC[C@H](n2cc3ccc(-c4csc(N5CCOCC5)n4)cc3n2)CC1)c1cc(F)c(O)c(F)c1. The van der Waals surface area contributed by atoms with Crippen molar-refractivity contribution in [2.75, 3.05) is 37.7 Å². The third-order valence-corrected chi connectivity index (χ3v) is 8.52. The number of hydrogen-bond acceptors (Lipinski definition) is 7. The largest absolute Gasteiger partial charge is 0.503 e. The molecule has 204 valence electrons. The summed E-state index contributed by atoms with van der Waals surface area (Å²) in [4.78, 5) is 19.5. The normalized spacial score (nSPS) is 19.9. The van der Waals surface area contributed by atoms with Crippen LogP contribution < -0.4 is 10.2 Å². The number of hydrogen-bond donors (Lipinski definition) is 2. The molecule has 8 nitrogen and oxygen atoms in total. The fourth-order valence-corrected chi connectivity index (χ4v) is 6.22. The average Bonchev–Trinajstić information content (AvgIpc) is 3.62. The minimum atomic E-state index is -1.15. The van der Waals surface area contributed by atoms with Gasteiger partial charge in [0.25, 0.3) is 5.91 Å². The molecule has 1 amide bonds. The van der Waals surface area contributed by atoms with Gasteiger partial charge in [0.1, 0.15) is 0 Å². The Labute approximate surface area is 228 Å². The number of phenolic OH excluding ortho intramolecular Hbond substituents is 1. The van der Waals surface area contributed by atoms with Crippen LogP contribution in [-0.4, -0.2) is 58.6 Å². The maximum Gasteiger partial charge on any atom is 0.251 e. The number of rotatable bonds is 6. The summed E-state index contributed by atoms with van der Waals surface area (Å²) in [5.41, 5.74) is 2.81. The van der Waals surface area contributed by atoms with Crippen LogP contribution in [0.25, 0.3) is 22.2 Å². The van der Waals surface area contributed by atoms with Crippen molar-refractivity contribution in [3.8, 4) is 17.0 Å². The summed E-state index contributed by atoms with van der Waals surface area (Å²) in [5.74, 6) is -3.65. The zero-order valence-electron chi connectivity index (χ0n) is 21.3. The van der Waals surface area contributed by atoms with Gasteiger partial charge in [-0.15, -0.1) is 11.3 Å². The van der Waals surface area contributed by atoms with E-state index in [0.717, 1.165) is 91.4 Å². The van der Waals surface area contributed by atoms with E-state index in [1.807, 2.05) is 0 Å². The lowest BCUT2D eigenvalue weighted by atomic mass is 9.86. The molecule has 2 aliphatic rings. The number of halogens is 2. The summed E-state index contributed by atoms with van der Waals surface area (Å²) in [6.45, 7) is 3.63. The predicted molar refractivity (Wildman–Crippen MR) is 145 cm³/mol. The lowest BCUT2D eigenvalue weighted by Crippen LogP contribution is -2.36. The van der Waals surface area contributed by atoms with Gasteiger partial charge in [-0.05, 0) is 49.8 Å². The van der Waals surface area contributed by atoms with Gasteiger partial charge in [0, 0.05) is 47.7 Å². The number of aromatic hydroxyl groups is 1. The van der Waals surface area contributed by atoms with E-state index in [1.54, 1.807) is 11.3 Å². The Morgan fingerprint density at radius 1 is 1.10 bits per heavy atom. The number of morpholine rings is 1. The molecule has 1 saturated heterocycles. The molecule has 11 heteroatoms. The zero-order valence-corrected chi connectivity index (χ0v) is 22.1. The summed E-state index contributed by atoms with van der Waals surface area (Å²) in [6, 6.07) is 8.25. The fourth-order valence-electron chi connectivity index (χ4n) is 5.33. The second-order valence-electron chi connectivity index (χ2n) is 10.2. The first kappa shape index (κ1) is 25.7. The molecular weight excluding hydrogens is 524 g/mol. The molecule has 1 aliphatic heterocycles. The molecule has 6 rings (SSSR count). The molecule has 0 radical (unpaired) electrons. The van der Waals surface area contributed by atoms with Crippen molar-refractivity contribution in [3.05, 3.63) is 59.1 Å². The Kier molecular flexibility index (Phi) is 7.18. The number of benzene rings is 2. The van der Waals surface area contributed by atoms with Gasteiger partial charge in [0.05, 0.1) is 30.5 Å². The Morgan fingerprint density at radius 2 is 1.85 bits per heavy atom. The van der Waals surface area contributed by atoms with Gasteiger partial charge in [-0.3, -0.25) is 9.48 Å². The fraction of sp³-hybridized carbons (Fsp3) is 0.393. The molecule has 3 heterocycles. The molecule has 4 aromatic rings. The molecule has 1 aliphatic carbocycles. The van der Waals surface area contributed by atoms with Crippen molar-refractivity contribution in [1.82, 2.24) is 20.1 Å². The van der Waals surface area contributed by atoms with Gasteiger partial charge in [0.15, 0.2) is 22.5 Å². The molecule has 2 aromatic heterocycles. The number of anilines is 1. The molecular formula is C28H29F2N5O3S. The van der Waals surface area contributed by atoms with E-state index >= 15 is 0 Å².